The second-order valence-corrected chi connectivity index (χ2v) is 12.8. The van der Waals surface area contributed by atoms with Crippen molar-refractivity contribution in [3.63, 3.8) is 0 Å². The molecular formula is C27H33N3O8S2. The molecule has 0 saturated carbocycles. The highest BCUT2D eigenvalue weighted by Gasteiger charge is 2.32. The van der Waals surface area contributed by atoms with Crippen LogP contribution in [-0.4, -0.2) is 66.0 Å². The van der Waals surface area contributed by atoms with Crippen LogP contribution in [0, 0.1) is 12.8 Å². The minimum absolute atomic E-state index is 0.00394. The fourth-order valence-corrected chi connectivity index (χ4v) is 6.48. The van der Waals surface area contributed by atoms with Gasteiger partial charge in [-0.2, -0.15) is 4.31 Å². The van der Waals surface area contributed by atoms with Crippen LogP contribution in [0.4, 0.5) is 4.79 Å². The normalized spacial score (nSPS) is 14.3. The highest BCUT2D eigenvalue weighted by molar-refractivity contribution is 7.89. The SMILES string of the molecule is Cc1nc(COc2ccc(C[C@H](NC(=O)O)[C@@H](O)CN(CC(C)C)S(=O)(=O)c3ccc4c(c3)OCO4)cc2)cs1. The summed E-state index contributed by atoms with van der Waals surface area (Å²) in [7, 11) is -4.04. The molecule has 1 aliphatic heterocycles. The number of carbonyl (C=O) groups is 1. The van der Waals surface area contributed by atoms with E-state index >= 15 is 0 Å². The average molecular weight is 592 g/mol. The maximum absolute atomic E-state index is 13.6. The van der Waals surface area contributed by atoms with Crippen LogP contribution in [0.15, 0.2) is 52.7 Å². The van der Waals surface area contributed by atoms with Crippen molar-refractivity contribution in [2.24, 2.45) is 5.92 Å². The Kier molecular flexibility index (Phi) is 9.51. The molecule has 1 amide bonds. The fourth-order valence-electron chi connectivity index (χ4n) is 4.25. The number of thiazole rings is 1. The van der Waals surface area contributed by atoms with Gasteiger partial charge in [-0.1, -0.05) is 26.0 Å². The summed E-state index contributed by atoms with van der Waals surface area (Å²) in [6.45, 7) is 5.80. The van der Waals surface area contributed by atoms with Crippen molar-refractivity contribution in [3.05, 3.63) is 64.1 Å². The summed E-state index contributed by atoms with van der Waals surface area (Å²) in [5.41, 5.74) is 1.57. The van der Waals surface area contributed by atoms with E-state index in [1.807, 2.05) is 26.2 Å². The minimum Gasteiger partial charge on any atom is -0.487 e. The summed E-state index contributed by atoms with van der Waals surface area (Å²) in [4.78, 5) is 15.9. The molecule has 2 atom stereocenters. The maximum atomic E-state index is 13.6. The van der Waals surface area contributed by atoms with Gasteiger partial charge in [-0.3, -0.25) is 0 Å². The van der Waals surface area contributed by atoms with Gasteiger partial charge in [0, 0.05) is 24.5 Å². The second-order valence-electron chi connectivity index (χ2n) is 9.85. The van der Waals surface area contributed by atoms with Crippen LogP contribution in [0.3, 0.4) is 0 Å². The Labute approximate surface area is 237 Å². The summed E-state index contributed by atoms with van der Waals surface area (Å²) in [6.07, 6.45) is -2.52. The Morgan fingerprint density at radius 1 is 1.15 bits per heavy atom. The predicted octanol–water partition coefficient (Wildman–Crippen LogP) is 3.65. The number of amides is 1. The van der Waals surface area contributed by atoms with E-state index in [1.54, 1.807) is 35.6 Å². The smallest absolute Gasteiger partial charge is 0.404 e. The molecule has 2 heterocycles. The van der Waals surface area contributed by atoms with Gasteiger partial charge in [-0.25, -0.2) is 18.2 Å². The lowest BCUT2D eigenvalue weighted by atomic mass is 10.0. The van der Waals surface area contributed by atoms with Gasteiger partial charge in [-0.15, -0.1) is 11.3 Å². The molecule has 0 unspecified atom stereocenters. The van der Waals surface area contributed by atoms with E-state index in [1.165, 1.54) is 22.5 Å². The van der Waals surface area contributed by atoms with Crippen LogP contribution in [0.1, 0.15) is 30.1 Å². The predicted molar refractivity (Wildman–Crippen MR) is 148 cm³/mol. The first kappa shape index (κ1) is 29.6. The molecule has 0 radical (unpaired) electrons. The Morgan fingerprint density at radius 3 is 2.52 bits per heavy atom. The Hall–Kier alpha value is -3.39. The zero-order valence-corrected chi connectivity index (χ0v) is 24.1. The number of aliphatic hydroxyl groups is 1. The number of hydrogen-bond donors (Lipinski definition) is 3. The van der Waals surface area contributed by atoms with E-state index in [2.05, 4.69) is 10.3 Å². The van der Waals surface area contributed by atoms with Gasteiger partial charge in [-0.05, 0) is 49.1 Å². The number of nitrogens with one attached hydrogen (secondary N) is 1. The van der Waals surface area contributed by atoms with E-state index < -0.39 is 28.3 Å². The summed E-state index contributed by atoms with van der Waals surface area (Å²) >= 11 is 1.55. The zero-order chi connectivity index (χ0) is 28.9. The van der Waals surface area contributed by atoms with E-state index in [0.29, 0.717) is 23.9 Å². The number of aliphatic hydroxyl groups excluding tert-OH is 1. The van der Waals surface area contributed by atoms with Gasteiger partial charge in [0.25, 0.3) is 0 Å². The van der Waals surface area contributed by atoms with E-state index in [-0.39, 0.29) is 37.1 Å². The molecule has 0 bridgehead atoms. The van der Waals surface area contributed by atoms with Crippen molar-refractivity contribution in [3.8, 4) is 17.2 Å². The van der Waals surface area contributed by atoms with Gasteiger partial charge >= 0.3 is 6.09 Å². The first-order valence-corrected chi connectivity index (χ1v) is 15.0. The van der Waals surface area contributed by atoms with Crippen LogP contribution in [0.5, 0.6) is 17.2 Å². The second kappa shape index (κ2) is 12.9. The number of rotatable bonds is 13. The molecule has 40 heavy (non-hydrogen) atoms. The molecule has 0 saturated heterocycles. The summed E-state index contributed by atoms with van der Waals surface area (Å²) in [5, 5.41) is 25.8. The number of fused-ring (bicyclic) bond motifs is 1. The average Bonchev–Trinajstić information content (AvgIpc) is 3.55. The molecule has 1 aromatic heterocycles. The van der Waals surface area contributed by atoms with E-state index in [9.17, 15) is 23.4 Å². The van der Waals surface area contributed by atoms with Crippen LogP contribution in [0.25, 0.3) is 0 Å². The Bertz CT molecular complexity index is 1410. The molecule has 0 aliphatic carbocycles. The quantitative estimate of drug-likeness (QED) is 0.271. The van der Waals surface area contributed by atoms with Crippen LogP contribution >= 0.6 is 11.3 Å². The number of aromatic nitrogens is 1. The highest BCUT2D eigenvalue weighted by atomic mass is 32.2. The number of sulfonamides is 1. The maximum Gasteiger partial charge on any atom is 0.404 e. The number of benzene rings is 2. The molecule has 4 rings (SSSR count). The molecule has 11 nitrogen and oxygen atoms in total. The number of nitrogens with zero attached hydrogens (tertiary/aromatic N) is 2. The molecule has 13 heteroatoms. The molecule has 0 spiro atoms. The fraction of sp³-hybridized carbons (Fsp3) is 0.407. The van der Waals surface area contributed by atoms with Crippen molar-refractivity contribution in [2.45, 2.75) is 50.8 Å². The lowest BCUT2D eigenvalue weighted by Gasteiger charge is -2.30. The van der Waals surface area contributed by atoms with E-state index in [4.69, 9.17) is 14.2 Å². The summed E-state index contributed by atoms with van der Waals surface area (Å²) < 4.78 is 44.7. The zero-order valence-electron chi connectivity index (χ0n) is 22.4. The van der Waals surface area contributed by atoms with Gasteiger partial charge < -0.3 is 29.7 Å². The van der Waals surface area contributed by atoms with Gasteiger partial charge in [0.1, 0.15) is 12.4 Å². The molecular weight excluding hydrogens is 558 g/mol. The van der Waals surface area contributed by atoms with Crippen LogP contribution < -0.4 is 19.5 Å². The van der Waals surface area contributed by atoms with Gasteiger partial charge in [0.15, 0.2) is 11.5 Å². The lowest BCUT2D eigenvalue weighted by molar-refractivity contribution is 0.0980. The Morgan fingerprint density at radius 2 is 1.88 bits per heavy atom. The first-order chi connectivity index (χ1) is 19.0. The number of hydrogen-bond acceptors (Lipinski definition) is 9. The largest absolute Gasteiger partial charge is 0.487 e. The molecule has 0 fully saturated rings. The highest BCUT2D eigenvalue weighted by Crippen LogP contribution is 2.35. The Balaban J connectivity index is 1.46. The third-order valence-corrected chi connectivity index (χ3v) is 8.80. The van der Waals surface area contributed by atoms with Crippen LogP contribution in [-0.2, 0) is 23.1 Å². The number of ether oxygens (including phenoxy) is 3. The number of carboxylic acid groups (broad SMARTS) is 1. The molecule has 2 aromatic carbocycles. The van der Waals surface area contributed by atoms with Crippen molar-refractivity contribution in [2.75, 3.05) is 19.9 Å². The van der Waals surface area contributed by atoms with Crippen molar-refractivity contribution >= 4 is 27.5 Å². The van der Waals surface area contributed by atoms with Crippen molar-refractivity contribution in [1.29, 1.82) is 0 Å². The van der Waals surface area contributed by atoms with E-state index in [0.717, 1.165) is 16.3 Å². The summed E-state index contributed by atoms with van der Waals surface area (Å²) in [6, 6.07) is 10.4. The third kappa shape index (κ3) is 7.62. The third-order valence-electron chi connectivity index (χ3n) is 6.15. The minimum atomic E-state index is -4.04. The molecule has 1 aliphatic rings. The monoisotopic (exact) mass is 591 g/mol. The summed E-state index contributed by atoms with van der Waals surface area (Å²) in [5.74, 6) is 1.35. The topological polar surface area (TPSA) is 148 Å². The molecule has 3 aromatic rings. The number of aryl methyl sites for hydroxylation is 1. The van der Waals surface area contributed by atoms with Crippen molar-refractivity contribution < 1.29 is 37.6 Å². The van der Waals surface area contributed by atoms with Gasteiger partial charge in [0.2, 0.25) is 16.8 Å². The standard InChI is InChI=1S/C27H33N3O8S2/c1-17(2)12-30(40(34,35)22-8-9-25-26(11-22)38-16-37-25)13-24(31)23(29-27(32)33)10-19-4-6-21(7-5-19)36-14-20-15-39-18(3)28-20/h4-9,11,15,17,23-24,29,31H,10,12-14,16H2,1-3H3,(H,32,33)/t23-,24-/m0/s1. The van der Waals surface area contributed by atoms with Crippen molar-refractivity contribution in [1.82, 2.24) is 14.6 Å². The molecule has 3 N–H and O–H groups in total. The molecule has 216 valence electrons. The first-order valence-electron chi connectivity index (χ1n) is 12.7. The lowest BCUT2D eigenvalue weighted by Crippen LogP contribution is -2.50. The van der Waals surface area contributed by atoms with Crippen LogP contribution in [0.2, 0.25) is 0 Å². The van der Waals surface area contributed by atoms with Gasteiger partial charge in [0.05, 0.1) is 27.7 Å².